The lowest BCUT2D eigenvalue weighted by Gasteiger charge is -2.15. The minimum Gasteiger partial charge on any atom is -0.479 e. The fourth-order valence-electron chi connectivity index (χ4n) is 3.79. The number of anilines is 1. The maximum absolute atomic E-state index is 12.5. The Morgan fingerprint density at radius 1 is 0.970 bits per heavy atom. The topological polar surface area (TPSA) is 138 Å². The highest BCUT2D eigenvalue weighted by atomic mass is 16.5. The first-order valence-corrected chi connectivity index (χ1v) is 10.2. The number of aliphatic hydroxyl groups excluding tert-OH is 1. The van der Waals surface area contributed by atoms with E-state index in [0.717, 1.165) is 22.3 Å². The van der Waals surface area contributed by atoms with E-state index in [1.807, 2.05) is 48.5 Å². The number of carbonyl (C=O) groups is 3. The number of carbonyl (C=O) groups excluding carboxylic acids is 2. The molecule has 4 rings (SSSR count). The van der Waals surface area contributed by atoms with Gasteiger partial charge in [0, 0.05) is 12.1 Å². The van der Waals surface area contributed by atoms with Gasteiger partial charge in [-0.25, -0.2) is 14.6 Å². The molecule has 168 valence electrons. The summed E-state index contributed by atoms with van der Waals surface area (Å²) >= 11 is 0. The van der Waals surface area contributed by atoms with E-state index in [9.17, 15) is 19.5 Å². The van der Waals surface area contributed by atoms with Crippen molar-refractivity contribution in [1.29, 1.82) is 0 Å². The summed E-state index contributed by atoms with van der Waals surface area (Å²) < 4.78 is 5.48. The van der Waals surface area contributed by atoms with Crippen molar-refractivity contribution in [1.82, 2.24) is 10.3 Å². The summed E-state index contributed by atoms with van der Waals surface area (Å²) in [6.07, 6.45) is -1.16. The largest absolute Gasteiger partial charge is 0.479 e. The Morgan fingerprint density at radius 2 is 1.61 bits per heavy atom. The highest BCUT2D eigenvalue weighted by Gasteiger charge is 2.29. The number of nitrogens with zero attached hydrogens (tertiary/aromatic N) is 1. The van der Waals surface area contributed by atoms with E-state index in [1.54, 1.807) is 0 Å². The molecule has 0 aliphatic heterocycles. The fourth-order valence-corrected chi connectivity index (χ4v) is 3.79. The Kier molecular flexibility index (Phi) is 6.32. The molecule has 1 aromatic heterocycles. The molecule has 1 atom stereocenters. The lowest BCUT2D eigenvalue weighted by molar-refractivity contribution is -0.146. The van der Waals surface area contributed by atoms with Crippen LogP contribution in [0.4, 0.5) is 10.5 Å². The van der Waals surface area contributed by atoms with Crippen LogP contribution in [-0.4, -0.2) is 52.4 Å². The molecule has 0 saturated heterocycles. The van der Waals surface area contributed by atoms with E-state index < -0.39 is 30.6 Å². The number of nitrogens with one attached hydrogen (secondary N) is 2. The van der Waals surface area contributed by atoms with Gasteiger partial charge >= 0.3 is 12.1 Å². The van der Waals surface area contributed by atoms with Crippen LogP contribution >= 0.6 is 0 Å². The molecule has 2 amide bonds. The van der Waals surface area contributed by atoms with Gasteiger partial charge in [-0.2, -0.15) is 0 Å². The van der Waals surface area contributed by atoms with Crippen molar-refractivity contribution < 1.29 is 29.3 Å². The maximum Gasteiger partial charge on any atom is 0.411 e. The minimum atomic E-state index is -1.75. The first-order chi connectivity index (χ1) is 16.0. The van der Waals surface area contributed by atoms with Crippen LogP contribution in [0.3, 0.4) is 0 Å². The number of rotatable bonds is 7. The summed E-state index contributed by atoms with van der Waals surface area (Å²) in [5, 5.41) is 22.8. The minimum absolute atomic E-state index is 0.0945. The Balaban J connectivity index is 1.42. The molecule has 0 bridgehead atoms. The number of carboxylic acids is 1. The van der Waals surface area contributed by atoms with Crippen molar-refractivity contribution in [3.63, 3.8) is 0 Å². The summed E-state index contributed by atoms with van der Waals surface area (Å²) in [5.41, 5.74) is 4.32. The summed E-state index contributed by atoms with van der Waals surface area (Å²) in [7, 11) is 0. The normalized spacial score (nSPS) is 12.9. The van der Waals surface area contributed by atoms with E-state index >= 15 is 0 Å². The van der Waals surface area contributed by atoms with Gasteiger partial charge in [0.25, 0.3) is 5.91 Å². The van der Waals surface area contributed by atoms with Crippen LogP contribution in [-0.2, 0) is 9.53 Å². The zero-order valence-electron chi connectivity index (χ0n) is 17.4. The second kappa shape index (κ2) is 9.49. The Hall–Kier alpha value is -4.24. The number of hydrogen-bond acceptors (Lipinski definition) is 6. The number of aliphatic hydroxyl groups is 1. The Morgan fingerprint density at radius 3 is 2.24 bits per heavy atom. The van der Waals surface area contributed by atoms with Gasteiger partial charge < -0.3 is 20.3 Å². The number of ether oxygens (including phenoxy) is 1. The third kappa shape index (κ3) is 4.68. The molecule has 3 aromatic rings. The van der Waals surface area contributed by atoms with Gasteiger partial charge in [0.1, 0.15) is 6.61 Å². The summed E-state index contributed by atoms with van der Waals surface area (Å²) in [6, 6.07) is 18.9. The lowest BCUT2D eigenvalue weighted by Crippen LogP contribution is -2.37. The molecule has 4 N–H and O–H groups in total. The van der Waals surface area contributed by atoms with Crippen molar-refractivity contribution in [2.75, 3.05) is 18.5 Å². The second-order valence-corrected chi connectivity index (χ2v) is 7.41. The molecule has 1 aliphatic rings. The molecule has 0 saturated carbocycles. The van der Waals surface area contributed by atoms with Gasteiger partial charge in [0.2, 0.25) is 0 Å². The van der Waals surface area contributed by atoms with Gasteiger partial charge in [-0.3, -0.25) is 10.1 Å². The number of aliphatic carboxylic acids is 1. The summed E-state index contributed by atoms with van der Waals surface area (Å²) in [5.74, 6) is -2.32. The maximum atomic E-state index is 12.5. The van der Waals surface area contributed by atoms with Crippen LogP contribution in [0, 0.1) is 0 Å². The van der Waals surface area contributed by atoms with Gasteiger partial charge in [0.05, 0.1) is 12.2 Å². The van der Waals surface area contributed by atoms with Crippen LogP contribution in [0.2, 0.25) is 0 Å². The third-order valence-corrected chi connectivity index (χ3v) is 5.34. The molecular weight excluding hydrogens is 426 g/mol. The van der Waals surface area contributed by atoms with E-state index in [2.05, 4.69) is 15.6 Å². The number of carboxylic acid groups (broad SMARTS) is 1. The van der Waals surface area contributed by atoms with Crippen LogP contribution < -0.4 is 10.6 Å². The smallest absolute Gasteiger partial charge is 0.411 e. The molecule has 2 aromatic carbocycles. The lowest BCUT2D eigenvalue weighted by atomic mass is 9.98. The second-order valence-electron chi connectivity index (χ2n) is 7.41. The van der Waals surface area contributed by atoms with Gasteiger partial charge in [-0.1, -0.05) is 48.5 Å². The first-order valence-electron chi connectivity index (χ1n) is 10.2. The summed E-state index contributed by atoms with van der Waals surface area (Å²) in [4.78, 5) is 39.5. The number of benzene rings is 2. The standard InChI is InChI=1S/C24H21N3O6/c28-20(23(30)31)12-26-22(29)21-19(10-5-11-25-21)27-24(32)33-13-18-16-8-3-1-6-14(16)15-7-2-4-9-17(15)18/h1-11,18,20,28H,12-13H2,(H,26,29)(H,27,32)(H,30,31)/t20-/m0/s1. The van der Waals surface area contributed by atoms with Crippen LogP contribution in [0.15, 0.2) is 66.9 Å². The number of amides is 2. The third-order valence-electron chi connectivity index (χ3n) is 5.34. The number of pyridine rings is 1. The molecule has 0 fully saturated rings. The van der Waals surface area contributed by atoms with E-state index in [-0.39, 0.29) is 23.9 Å². The Labute approximate surface area is 189 Å². The molecular formula is C24H21N3O6. The van der Waals surface area contributed by atoms with E-state index in [0.29, 0.717) is 0 Å². The average Bonchev–Trinajstić information content (AvgIpc) is 3.15. The predicted molar refractivity (Wildman–Crippen MR) is 119 cm³/mol. The zero-order valence-corrected chi connectivity index (χ0v) is 17.4. The molecule has 9 nitrogen and oxygen atoms in total. The SMILES string of the molecule is O=C(Nc1cccnc1C(=O)NC[C@H](O)C(=O)O)OCC1c2ccccc2-c2ccccc21. The molecule has 0 radical (unpaired) electrons. The van der Waals surface area contributed by atoms with E-state index in [4.69, 9.17) is 9.84 Å². The van der Waals surface area contributed by atoms with Crippen molar-refractivity contribution in [3.05, 3.63) is 83.7 Å². The molecule has 0 spiro atoms. The fraction of sp³-hybridized carbons (Fsp3) is 0.167. The molecule has 9 heteroatoms. The Bertz CT molecular complexity index is 1170. The van der Waals surface area contributed by atoms with Crippen LogP contribution in [0.5, 0.6) is 0 Å². The zero-order chi connectivity index (χ0) is 23.4. The molecule has 0 unspecified atom stereocenters. The van der Waals surface area contributed by atoms with Crippen molar-refractivity contribution >= 4 is 23.7 Å². The number of hydrogen-bond donors (Lipinski definition) is 4. The molecule has 33 heavy (non-hydrogen) atoms. The number of aromatic nitrogens is 1. The molecule has 1 heterocycles. The quantitative estimate of drug-likeness (QED) is 0.437. The predicted octanol–water partition coefficient (Wildman–Crippen LogP) is 2.62. The monoisotopic (exact) mass is 447 g/mol. The average molecular weight is 447 g/mol. The van der Waals surface area contributed by atoms with Gasteiger partial charge in [-0.15, -0.1) is 0 Å². The van der Waals surface area contributed by atoms with Gasteiger partial charge in [0.15, 0.2) is 11.8 Å². The van der Waals surface area contributed by atoms with Crippen molar-refractivity contribution in [2.24, 2.45) is 0 Å². The number of fused-ring (bicyclic) bond motifs is 3. The first kappa shape index (κ1) is 22.0. The van der Waals surface area contributed by atoms with Crippen molar-refractivity contribution in [3.8, 4) is 11.1 Å². The molecule has 1 aliphatic carbocycles. The van der Waals surface area contributed by atoms with Crippen LogP contribution in [0.1, 0.15) is 27.5 Å². The highest BCUT2D eigenvalue weighted by molar-refractivity contribution is 6.01. The summed E-state index contributed by atoms with van der Waals surface area (Å²) in [6.45, 7) is -0.401. The van der Waals surface area contributed by atoms with Crippen LogP contribution in [0.25, 0.3) is 11.1 Å². The van der Waals surface area contributed by atoms with E-state index in [1.165, 1.54) is 18.3 Å². The highest BCUT2D eigenvalue weighted by Crippen LogP contribution is 2.44. The van der Waals surface area contributed by atoms with Crippen molar-refractivity contribution in [2.45, 2.75) is 12.0 Å². The van der Waals surface area contributed by atoms with Gasteiger partial charge in [-0.05, 0) is 34.4 Å².